The normalized spacial score (nSPS) is 8.91. The lowest BCUT2D eigenvalue weighted by atomic mass is 10.5. The Kier molecular flexibility index (Phi) is 2.60. The van der Waals surface area contributed by atoms with Gasteiger partial charge in [-0.05, 0) is 6.07 Å². The van der Waals surface area contributed by atoms with E-state index in [1.165, 1.54) is 0 Å². The van der Waals surface area contributed by atoms with Crippen LogP contribution in [0.15, 0.2) is 24.7 Å². The summed E-state index contributed by atoms with van der Waals surface area (Å²) in [5.41, 5.74) is 1.76. The van der Waals surface area contributed by atoms with Crippen molar-refractivity contribution in [3.05, 3.63) is 24.7 Å². The van der Waals surface area contributed by atoms with Gasteiger partial charge in [-0.3, -0.25) is 4.98 Å². The van der Waals surface area contributed by atoms with Gasteiger partial charge in [-0.15, -0.1) is 0 Å². The van der Waals surface area contributed by atoms with Crippen molar-refractivity contribution >= 4 is 11.2 Å². The zero-order chi connectivity index (χ0) is 8.10. The van der Waals surface area contributed by atoms with E-state index in [0.29, 0.717) is 0 Å². The first-order valence-corrected chi connectivity index (χ1v) is 3.71. The van der Waals surface area contributed by atoms with E-state index in [9.17, 15) is 0 Å². The summed E-state index contributed by atoms with van der Waals surface area (Å²) in [5, 5.41) is 0. The number of hydrogen-bond donors (Lipinski definition) is 1. The fourth-order valence-corrected chi connectivity index (χ4v) is 0.781. The Bertz CT molecular complexity index is 283. The minimum absolute atomic E-state index is 0.845. The molecule has 0 aliphatic rings. The van der Waals surface area contributed by atoms with Crippen LogP contribution in [0.25, 0.3) is 11.2 Å². The summed E-state index contributed by atoms with van der Waals surface area (Å²) in [6, 6.07) is 1.89. The Balaban J connectivity index is 0.000000281. The van der Waals surface area contributed by atoms with E-state index in [1.54, 1.807) is 12.4 Å². The molecular weight excluding hydrogens is 138 g/mol. The molecular formula is C8H11N3. The fourth-order valence-electron chi connectivity index (χ4n) is 0.781. The van der Waals surface area contributed by atoms with E-state index in [1.807, 2.05) is 26.1 Å². The molecule has 0 amide bonds. The minimum Gasteiger partial charge on any atom is -0.345 e. The first-order chi connectivity index (χ1) is 5.47. The lowest BCUT2D eigenvalue weighted by Crippen LogP contribution is -1.75. The molecule has 0 saturated heterocycles. The summed E-state index contributed by atoms with van der Waals surface area (Å²) in [4.78, 5) is 11.0. The zero-order valence-corrected chi connectivity index (χ0v) is 6.70. The Morgan fingerprint density at radius 1 is 1.18 bits per heavy atom. The Hall–Kier alpha value is -1.38. The van der Waals surface area contributed by atoms with Crippen molar-refractivity contribution in [2.45, 2.75) is 13.8 Å². The van der Waals surface area contributed by atoms with Crippen LogP contribution in [0.2, 0.25) is 0 Å². The molecule has 0 aliphatic heterocycles. The topological polar surface area (TPSA) is 41.6 Å². The molecule has 0 atom stereocenters. The molecule has 3 nitrogen and oxygen atoms in total. The third-order valence-electron chi connectivity index (χ3n) is 1.19. The Labute approximate surface area is 65.5 Å². The highest BCUT2D eigenvalue weighted by molar-refractivity contribution is 5.69. The molecule has 58 valence electrons. The van der Waals surface area contributed by atoms with Gasteiger partial charge in [-0.2, -0.15) is 0 Å². The predicted molar refractivity (Wildman–Crippen MR) is 45.2 cm³/mol. The maximum absolute atomic E-state index is 4.05. The number of nitrogens with one attached hydrogen (secondary N) is 1. The first-order valence-electron chi connectivity index (χ1n) is 3.71. The third-order valence-corrected chi connectivity index (χ3v) is 1.19. The summed E-state index contributed by atoms with van der Waals surface area (Å²) in [7, 11) is 0. The monoisotopic (exact) mass is 149 g/mol. The molecule has 0 saturated carbocycles. The second-order valence-corrected chi connectivity index (χ2v) is 1.77. The van der Waals surface area contributed by atoms with Crippen LogP contribution in [-0.4, -0.2) is 15.0 Å². The highest BCUT2D eigenvalue weighted by atomic mass is 14.9. The summed E-state index contributed by atoms with van der Waals surface area (Å²) < 4.78 is 0. The largest absolute Gasteiger partial charge is 0.345 e. The minimum atomic E-state index is 0.845. The van der Waals surface area contributed by atoms with Crippen LogP contribution in [0, 0.1) is 0 Å². The Morgan fingerprint density at radius 2 is 1.91 bits per heavy atom. The number of fused-ring (bicyclic) bond motifs is 1. The van der Waals surface area contributed by atoms with Crippen molar-refractivity contribution in [3.8, 4) is 0 Å². The van der Waals surface area contributed by atoms with Gasteiger partial charge in [0.15, 0.2) is 5.65 Å². The third kappa shape index (κ3) is 1.55. The van der Waals surface area contributed by atoms with Gasteiger partial charge in [0.05, 0.1) is 0 Å². The molecule has 3 heteroatoms. The molecule has 2 aromatic heterocycles. The number of nitrogens with zero attached hydrogens (tertiary/aromatic N) is 2. The van der Waals surface area contributed by atoms with Crippen LogP contribution in [0.5, 0.6) is 0 Å². The predicted octanol–water partition coefficient (Wildman–Crippen LogP) is 1.98. The van der Waals surface area contributed by atoms with Gasteiger partial charge < -0.3 is 4.98 Å². The SMILES string of the molecule is CC.c1cnc2[nH]ccc2n1. The van der Waals surface area contributed by atoms with Crippen molar-refractivity contribution in [1.29, 1.82) is 0 Å². The standard InChI is InChI=1S/C6H5N3.C2H6/c1-2-8-6-5(1)7-3-4-9-6;1-2/h1-4H,(H,8,9);1-2H3. The number of aromatic amines is 1. The molecule has 0 aliphatic carbocycles. The van der Waals surface area contributed by atoms with E-state index in [-0.39, 0.29) is 0 Å². The molecule has 1 N–H and O–H groups in total. The maximum atomic E-state index is 4.05. The number of hydrogen-bond acceptors (Lipinski definition) is 2. The van der Waals surface area contributed by atoms with Crippen molar-refractivity contribution in [3.63, 3.8) is 0 Å². The summed E-state index contributed by atoms with van der Waals surface area (Å²) in [5.74, 6) is 0. The van der Waals surface area contributed by atoms with Gasteiger partial charge in [0, 0.05) is 18.6 Å². The Morgan fingerprint density at radius 3 is 2.64 bits per heavy atom. The van der Waals surface area contributed by atoms with Crippen LogP contribution < -0.4 is 0 Å². The van der Waals surface area contributed by atoms with Gasteiger partial charge in [0.25, 0.3) is 0 Å². The number of H-pyrrole nitrogens is 1. The zero-order valence-electron chi connectivity index (χ0n) is 6.70. The molecule has 0 bridgehead atoms. The highest BCUT2D eigenvalue weighted by Crippen LogP contribution is 2.01. The lowest BCUT2D eigenvalue weighted by molar-refractivity contribution is 1.26. The van der Waals surface area contributed by atoms with Crippen LogP contribution >= 0.6 is 0 Å². The van der Waals surface area contributed by atoms with E-state index < -0.39 is 0 Å². The van der Waals surface area contributed by atoms with Gasteiger partial charge in [0.1, 0.15) is 5.52 Å². The molecule has 0 spiro atoms. The van der Waals surface area contributed by atoms with E-state index in [0.717, 1.165) is 11.2 Å². The summed E-state index contributed by atoms with van der Waals surface area (Å²) in [6.07, 6.45) is 5.17. The van der Waals surface area contributed by atoms with E-state index in [4.69, 9.17) is 0 Å². The molecule has 11 heavy (non-hydrogen) atoms. The smallest absolute Gasteiger partial charge is 0.155 e. The van der Waals surface area contributed by atoms with Crippen LogP contribution in [0.4, 0.5) is 0 Å². The van der Waals surface area contributed by atoms with E-state index in [2.05, 4.69) is 15.0 Å². The van der Waals surface area contributed by atoms with Crippen LogP contribution in [0.1, 0.15) is 13.8 Å². The molecule has 2 aromatic rings. The highest BCUT2D eigenvalue weighted by Gasteiger charge is 1.90. The molecule has 0 unspecified atom stereocenters. The van der Waals surface area contributed by atoms with Gasteiger partial charge in [-0.1, -0.05) is 13.8 Å². The maximum Gasteiger partial charge on any atom is 0.155 e. The van der Waals surface area contributed by atoms with Gasteiger partial charge in [0.2, 0.25) is 0 Å². The van der Waals surface area contributed by atoms with Gasteiger partial charge >= 0.3 is 0 Å². The summed E-state index contributed by atoms with van der Waals surface area (Å²) in [6.45, 7) is 4.00. The first kappa shape index (κ1) is 7.72. The van der Waals surface area contributed by atoms with E-state index >= 15 is 0 Å². The second-order valence-electron chi connectivity index (χ2n) is 1.77. The lowest BCUT2D eigenvalue weighted by Gasteiger charge is -1.81. The fraction of sp³-hybridized carbons (Fsp3) is 0.250. The summed E-state index contributed by atoms with van der Waals surface area (Å²) >= 11 is 0. The molecule has 2 heterocycles. The quantitative estimate of drug-likeness (QED) is 0.622. The molecule has 0 fully saturated rings. The number of rotatable bonds is 0. The van der Waals surface area contributed by atoms with Crippen molar-refractivity contribution in [2.24, 2.45) is 0 Å². The molecule has 0 aromatic carbocycles. The molecule has 2 rings (SSSR count). The van der Waals surface area contributed by atoms with Crippen molar-refractivity contribution in [1.82, 2.24) is 15.0 Å². The second kappa shape index (κ2) is 3.71. The van der Waals surface area contributed by atoms with Crippen molar-refractivity contribution < 1.29 is 0 Å². The molecule has 0 radical (unpaired) electrons. The number of aromatic nitrogens is 3. The van der Waals surface area contributed by atoms with Crippen LogP contribution in [-0.2, 0) is 0 Å². The average Bonchev–Trinajstić information content (AvgIpc) is 2.55. The van der Waals surface area contributed by atoms with Crippen molar-refractivity contribution in [2.75, 3.05) is 0 Å². The average molecular weight is 149 g/mol. The van der Waals surface area contributed by atoms with Gasteiger partial charge in [-0.25, -0.2) is 4.98 Å². The van der Waals surface area contributed by atoms with Crippen LogP contribution in [0.3, 0.4) is 0 Å².